The number of methoxy groups -OCH3 is 1. The Morgan fingerprint density at radius 3 is 2.62 bits per heavy atom. The number of nitrogens with zero attached hydrogens (tertiary/aromatic N) is 3. The lowest BCUT2D eigenvalue weighted by molar-refractivity contribution is -0.132. The minimum atomic E-state index is -3.56. The van der Waals surface area contributed by atoms with Crippen LogP contribution in [0.2, 0.25) is 0 Å². The quantitative estimate of drug-likeness (QED) is 0.154. The third kappa shape index (κ3) is 6.00. The third-order valence-electron chi connectivity index (χ3n) is 2.20. The van der Waals surface area contributed by atoms with Crippen LogP contribution >= 0.6 is 19.3 Å². The molecule has 0 aromatic carbocycles. The minimum Gasteiger partial charge on any atom is -0.464 e. The summed E-state index contributed by atoms with van der Waals surface area (Å²) in [5.74, 6) is -0.820. The lowest BCUT2D eigenvalue weighted by atomic mass is 10.4. The summed E-state index contributed by atoms with van der Waals surface area (Å²) in [6.07, 6.45) is 1.46. The molecule has 24 heavy (non-hydrogen) atoms. The molecule has 10 nitrogen and oxygen atoms in total. The number of anilines is 1. The molecule has 0 amide bonds. The van der Waals surface area contributed by atoms with Crippen molar-refractivity contribution in [2.24, 2.45) is 5.16 Å². The highest BCUT2D eigenvalue weighted by Crippen LogP contribution is 2.47. The average Bonchev–Trinajstić information content (AvgIpc) is 2.99. The maximum atomic E-state index is 12.4. The van der Waals surface area contributed by atoms with Crippen molar-refractivity contribution in [2.75, 3.05) is 32.0 Å². The number of nitrogens with one attached hydrogen (secondary N) is 1. The molecule has 134 valence electrons. The van der Waals surface area contributed by atoms with Crippen molar-refractivity contribution in [1.82, 2.24) is 9.36 Å². The molecule has 0 unspecified atom stereocenters. The second kappa shape index (κ2) is 10.1. The Kier molecular flexibility index (Phi) is 8.55. The fourth-order valence-corrected chi connectivity index (χ4v) is 3.44. The summed E-state index contributed by atoms with van der Waals surface area (Å²) < 4.78 is 31.2. The molecule has 1 heterocycles. The smallest absolute Gasteiger partial charge is 0.434 e. The van der Waals surface area contributed by atoms with E-state index in [0.29, 0.717) is 0 Å². The summed E-state index contributed by atoms with van der Waals surface area (Å²) in [5, 5.41) is 6.31. The van der Waals surface area contributed by atoms with E-state index in [2.05, 4.69) is 30.9 Å². The molecule has 1 N–H and O–H groups in total. The van der Waals surface area contributed by atoms with E-state index in [1.54, 1.807) is 13.8 Å². The van der Waals surface area contributed by atoms with Gasteiger partial charge in [-0.25, -0.2) is 9.36 Å². The molecule has 1 rings (SSSR count). The van der Waals surface area contributed by atoms with Gasteiger partial charge in [-0.15, -0.1) is 0 Å². The summed E-state index contributed by atoms with van der Waals surface area (Å²) in [6, 6.07) is 0. The van der Waals surface area contributed by atoms with Crippen molar-refractivity contribution in [3.05, 3.63) is 18.5 Å². The fourth-order valence-electron chi connectivity index (χ4n) is 1.34. The summed E-state index contributed by atoms with van der Waals surface area (Å²) >= 11 is 0.855. The predicted octanol–water partition coefficient (Wildman–Crippen LogP) is 2.21. The van der Waals surface area contributed by atoms with Crippen LogP contribution in [0.3, 0.4) is 0 Å². The number of carbonyl (C=O) groups is 1. The van der Waals surface area contributed by atoms with Gasteiger partial charge in [0.2, 0.25) is 16.7 Å². The molecule has 0 aliphatic carbocycles. The Hall–Kier alpha value is -1.81. The Morgan fingerprint density at radius 1 is 1.42 bits per heavy atom. The highest BCUT2D eigenvalue weighted by atomic mass is 32.1. The predicted molar refractivity (Wildman–Crippen MR) is 89.1 cm³/mol. The molecule has 0 saturated carbocycles. The molecule has 0 fully saturated rings. The number of hydrogen-bond donors (Lipinski definition) is 1. The molecule has 1 aromatic rings. The highest BCUT2D eigenvalue weighted by molar-refractivity contribution is 7.56. The standard InChI is InChI=1S/C12H19N4O6PS/c1-5-8-20-14-9(11(17)19-4)10-13-12(24-16-10)15-23(18,21-6-2)22-7-3/h5H,1,6-8H2,2-4H3,(H,13,15,16,18)/b14-9-. The molecule has 0 saturated heterocycles. The molecule has 0 atom stereocenters. The Labute approximate surface area is 143 Å². The first-order valence-electron chi connectivity index (χ1n) is 6.90. The molecular formula is C12H19N4O6PS. The van der Waals surface area contributed by atoms with Crippen molar-refractivity contribution >= 4 is 36.1 Å². The average molecular weight is 378 g/mol. The van der Waals surface area contributed by atoms with Gasteiger partial charge in [0.05, 0.1) is 20.3 Å². The minimum absolute atomic E-state index is 0.0436. The molecular weight excluding hydrogens is 359 g/mol. The van der Waals surface area contributed by atoms with Crippen molar-refractivity contribution in [3.8, 4) is 0 Å². The zero-order valence-electron chi connectivity index (χ0n) is 13.6. The normalized spacial score (nSPS) is 11.9. The van der Waals surface area contributed by atoms with Crippen molar-refractivity contribution in [1.29, 1.82) is 0 Å². The van der Waals surface area contributed by atoms with E-state index >= 15 is 0 Å². The largest absolute Gasteiger partial charge is 0.464 e. The molecule has 0 radical (unpaired) electrons. The Balaban J connectivity index is 2.98. The van der Waals surface area contributed by atoms with Gasteiger partial charge in [0.15, 0.2) is 0 Å². The van der Waals surface area contributed by atoms with Gasteiger partial charge in [-0.1, -0.05) is 17.8 Å². The molecule has 0 aliphatic rings. The molecule has 1 aromatic heterocycles. The summed E-state index contributed by atoms with van der Waals surface area (Å²) in [6.45, 7) is 7.28. The van der Waals surface area contributed by atoms with E-state index in [1.165, 1.54) is 13.2 Å². The van der Waals surface area contributed by atoms with Crippen LogP contribution in [0.1, 0.15) is 19.7 Å². The zero-order valence-corrected chi connectivity index (χ0v) is 15.3. The number of esters is 1. The number of oxime groups is 1. The van der Waals surface area contributed by atoms with Crippen LogP contribution in [0.5, 0.6) is 0 Å². The van der Waals surface area contributed by atoms with Crippen LogP contribution in [0.15, 0.2) is 17.8 Å². The van der Waals surface area contributed by atoms with E-state index in [1.807, 2.05) is 0 Å². The first-order valence-corrected chi connectivity index (χ1v) is 9.21. The summed E-state index contributed by atoms with van der Waals surface area (Å²) in [7, 11) is -2.37. The first-order chi connectivity index (χ1) is 11.5. The summed E-state index contributed by atoms with van der Waals surface area (Å²) in [4.78, 5) is 20.7. The van der Waals surface area contributed by atoms with Crippen molar-refractivity contribution in [2.45, 2.75) is 13.8 Å². The number of hydrogen-bond acceptors (Lipinski definition) is 10. The van der Waals surface area contributed by atoms with Crippen LogP contribution in [-0.4, -0.2) is 48.0 Å². The topological polar surface area (TPSA) is 121 Å². The molecule has 0 aliphatic heterocycles. The van der Waals surface area contributed by atoms with Gasteiger partial charge in [-0.3, -0.25) is 14.1 Å². The number of aromatic nitrogens is 2. The van der Waals surface area contributed by atoms with Gasteiger partial charge in [0, 0.05) is 11.5 Å². The SMILES string of the molecule is C=CCO/N=C(\C(=O)OC)c1nsc(NP(=O)(OCC)OCC)n1. The van der Waals surface area contributed by atoms with Gasteiger partial charge in [-0.2, -0.15) is 9.36 Å². The summed E-state index contributed by atoms with van der Waals surface area (Å²) in [5.41, 5.74) is -0.230. The van der Waals surface area contributed by atoms with E-state index in [4.69, 9.17) is 13.9 Å². The van der Waals surface area contributed by atoms with Gasteiger partial charge in [0.25, 0.3) is 0 Å². The maximum Gasteiger partial charge on any atom is 0.434 e. The molecule has 0 bridgehead atoms. The maximum absolute atomic E-state index is 12.4. The van der Waals surface area contributed by atoms with Crippen LogP contribution in [0, 0.1) is 0 Å². The van der Waals surface area contributed by atoms with Gasteiger partial charge in [-0.05, 0) is 13.8 Å². The lowest BCUT2D eigenvalue weighted by Gasteiger charge is -2.16. The Morgan fingerprint density at radius 2 is 2.08 bits per heavy atom. The van der Waals surface area contributed by atoms with Crippen molar-refractivity contribution < 1.29 is 28.0 Å². The second-order valence-corrected chi connectivity index (χ2v) is 6.37. The van der Waals surface area contributed by atoms with Gasteiger partial charge in [0.1, 0.15) is 6.61 Å². The van der Waals surface area contributed by atoms with Crippen LogP contribution in [0.4, 0.5) is 5.13 Å². The van der Waals surface area contributed by atoms with E-state index in [-0.39, 0.29) is 36.5 Å². The number of rotatable bonds is 11. The fraction of sp³-hybridized carbons (Fsp3) is 0.500. The zero-order chi connectivity index (χ0) is 18.0. The third-order valence-corrected chi connectivity index (χ3v) is 4.66. The van der Waals surface area contributed by atoms with Crippen LogP contribution in [-0.2, 0) is 28.0 Å². The number of ether oxygens (including phenoxy) is 1. The monoisotopic (exact) mass is 378 g/mol. The second-order valence-electron chi connectivity index (χ2n) is 3.88. The van der Waals surface area contributed by atoms with Crippen LogP contribution in [0.25, 0.3) is 0 Å². The molecule has 12 heteroatoms. The van der Waals surface area contributed by atoms with E-state index in [0.717, 1.165) is 11.5 Å². The Bertz CT molecular complexity index is 625. The highest BCUT2D eigenvalue weighted by Gasteiger charge is 2.27. The molecule has 0 spiro atoms. The van der Waals surface area contributed by atoms with Crippen LogP contribution < -0.4 is 5.09 Å². The van der Waals surface area contributed by atoms with Gasteiger partial charge >= 0.3 is 13.7 Å². The van der Waals surface area contributed by atoms with E-state index < -0.39 is 13.7 Å². The first kappa shape index (κ1) is 20.2. The van der Waals surface area contributed by atoms with Gasteiger partial charge < -0.3 is 9.57 Å². The van der Waals surface area contributed by atoms with E-state index in [9.17, 15) is 9.36 Å². The lowest BCUT2D eigenvalue weighted by Crippen LogP contribution is -2.19. The number of carbonyl (C=O) groups excluding carboxylic acids is 1. The van der Waals surface area contributed by atoms with Crippen molar-refractivity contribution in [3.63, 3.8) is 0 Å².